The molecule has 0 N–H and O–H groups in total. The quantitative estimate of drug-likeness (QED) is 0.0262. The van der Waals surface area contributed by atoms with Crippen molar-refractivity contribution in [2.45, 2.75) is 252 Å². The van der Waals surface area contributed by atoms with Crippen molar-refractivity contribution < 1.29 is 28.6 Å². The van der Waals surface area contributed by atoms with E-state index in [0.717, 1.165) is 83.5 Å². The molecule has 1 atom stereocenters. The second-order valence-corrected chi connectivity index (χ2v) is 17.4. The summed E-state index contributed by atoms with van der Waals surface area (Å²) in [5.74, 6) is -1.00. The number of hydrogen-bond acceptors (Lipinski definition) is 6. The highest BCUT2D eigenvalue weighted by atomic mass is 16.6. The Morgan fingerprint density at radius 2 is 0.641 bits per heavy atom. The van der Waals surface area contributed by atoms with Crippen molar-refractivity contribution in [2.24, 2.45) is 0 Å². The van der Waals surface area contributed by atoms with Gasteiger partial charge in [0.05, 0.1) is 0 Å². The Morgan fingerprint density at radius 1 is 0.328 bits per heavy atom. The summed E-state index contributed by atoms with van der Waals surface area (Å²) in [7, 11) is 0. The largest absolute Gasteiger partial charge is 0.462 e. The van der Waals surface area contributed by atoms with E-state index in [-0.39, 0.29) is 37.5 Å². The number of ether oxygens (including phenoxy) is 3. The predicted octanol–water partition coefficient (Wildman–Crippen LogP) is 17.6. The van der Waals surface area contributed by atoms with Gasteiger partial charge in [0.1, 0.15) is 13.2 Å². The Kier molecular flexibility index (Phi) is 49.4. The van der Waals surface area contributed by atoms with Crippen LogP contribution in [0.3, 0.4) is 0 Å². The van der Waals surface area contributed by atoms with Crippen molar-refractivity contribution in [1.29, 1.82) is 0 Å². The SMILES string of the molecule is CC/C=C\C/C=C\C/C=C\C/C=C\CCC(=O)OCC(COC(=O)CCCCCCCCCCC/C=C\C/C=C\CCCCC)OC(=O)CCCCCCC/C=C\CCCCCCC. The van der Waals surface area contributed by atoms with Gasteiger partial charge in [-0.2, -0.15) is 0 Å². The van der Waals surface area contributed by atoms with Crippen molar-refractivity contribution in [3.05, 3.63) is 85.1 Å². The molecule has 0 aromatic heterocycles. The second kappa shape index (κ2) is 52.2. The van der Waals surface area contributed by atoms with Gasteiger partial charge in [-0.05, 0) is 103 Å². The lowest BCUT2D eigenvalue weighted by Gasteiger charge is -2.18. The minimum Gasteiger partial charge on any atom is -0.462 e. The fourth-order valence-electron chi connectivity index (χ4n) is 7.13. The van der Waals surface area contributed by atoms with Crippen LogP contribution in [0.15, 0.2) is 85.1 Å². The van der Waals surface area contributed by atoms with Gasteiger partial charge in [0.25, 0.3) is 0 Å². The number of rotatable bonds is 47. The topological polar surface area (TPSA) is 78.9 Å². The van der Waals surface area contributed by atoms with Crippen molar-refractivity contribution in [3.8, 4) is 0 Å². The van der Waals surface area contributed by atoms with E-state index in [4.69, 9.17) is 14.2 Å². The molecule has 0 rings (SSSR count). The van der Waals surface area contributed by atoms with E-state index in [9.17, 15) is 14.4 Å². The van der Waals surface area contributed by atoms with Gasteiger partial charge in [-0.15, -0.1) is 0 Å². The zero-order valence-electron chi connectivity index (χ0n) is 41.8. The molecule has 0 saturated heterocycles. The molecule has 0 aliphatic carbocycles. The van der Waals surface area contributed by atoms with Gasteiger partial charge in [0.15, 0.2) is 6.10 Å². The molecule has 0 saturated carbocycles. The number of allylic oxidation sites excluding steroid dienone is 14. The van der Waals surface area contributed by atoms with Crippen LogP contribution >= 0.6 is 0 Å². The smallest absolute Gasteiger partial charge is 0.306 e. The van der Waals surface area contributed by atoms with Crippen LogP contribution in [-0.2, 0) is 28.6 Å². The van der Waals surface area contributed by atoms with Crippen molar-refractivity contribution >= 4 is 17.9 Å². The van der Waals surface area contributed by atoms with E-state index in [1.54, 1.807) is 0 Å². The first kappa shape index (κ1) is 60.6. The van der Waals surface area contributed by atoms with E-state index >= 15 is 0 Å². The minimum atomic E-state index is -0.811. The third kappa shape index (κ3) is 49.6. The highest BCUT2D eigenvalue weighted by Gasteiger charge is 2.19. The van der Waals surface area contributed by atoms with Gasteiger partial charge in [-0.3, -0.25) is 14.4 Å². The molecule has 6 nitrogen and oxygen atoms in total. The predicted molar refractivity (Wildman–Crippen MR) is 274 cm³/mol. The normalized spacial score (nSPS) is 12.7. The fourth-order valence-corrected chi connectivity index (χ4v) is 7.13. The molecule has 6 heteroatoms. The Morgan fingerprint density at radius 3 is 1.09 bits per heavy atom. The van der Waals surface area contributed by atoms with E-state index in [1.807, 2.05) is 12.2 Å². The Balaban J connectivity index is 4.44. The lowest BCUT2D eigenvalue weighted by atomic mass is 10.1. The van der Waals surface area contributed by atoms with Crippen LogP contribution in [0.25, 0.3) is 0 Å². The second-order valence-electron chi connectivity index (χ2n) is 17.4. The van der Waals surface area contributed by atoms with Gasteiger partial charge < -0.3 is 14.2 Å². The standard InChI is InChI=1S/C58H98O6/c1-4-7-10-13-16-19-22-25-27-28-29-30-31-34-36-39-42-45-48-51-57(60)63-54-55(53-62-56(59)50-47-44-41-38-35-32-24-21-18-15-12-9-6-3)64-58(61)52-49-46-43-40-37-33-26-23-20-17-14-11-8-5-2/h9,12,16,18-19,21,23,25-27,32,35,41,44,55H,4-8,10-11,13-15,17,20,22,24,28-31,33-34,36-40,42-43,45-54H2,1-3H3/b12-9-,19-16-,21-18-,26-23-,27-25-,35-32-,44-41-. The number of carbonyl (C=O) groups excluding carboxylic acids is 3. The van der Waals surface area contributed by atoms with Crippen LogP contribution < -0.4 is 0 Å². The number of esters is 3. The lowest BCUT2D eigenvalue weighted by molar-refractivity contribution is -0.166. The van der Waals surface area contributed by atoms with Crippen LogP contribution in [0.2, 0.25) is 0 Å². The molecule has 0 aromatic carbocycles. The highest BCUT2D eigenvalue weighted by Crippen LogP contribution is 2.14. The summed E-state index contributed by atoms with van der Waals surface area (Å²) >= 11 is 0. The van der Waals surface area contributed by atoms with E-state index in [1.165, 1.54) is 116 Å². The Bertz CT molecular complexity index is 1250. The maximum atomic E-state index is 12.8. The molecule has 0 heterocycles. The molecule has 0 amide bonds. The first-order valence-corrected chi connectivity index (χ1v) is 26.6. The van der Waals surface area contributed by atoms with Gasteiger partial charge in [-0.1, -0.05) is 209 Å². The highest BCUT2D eigenvalue weighted by molar-refractivity contribution is 5.71. The van der Waals surface area contributed by atoms with E-state index < -0.39 is 6.10 Å². The summed E-state index contributed by atoms with van der Waals surface area (Å²) in [6.07, 6.45) is 67.2. The minimum absolute atomic E-state index is 0.104. The molecular formula is C58H98O6. The Hall–Kier alpha value is -3.41. The Labute approximate surface area is 395 Å². The molecule has 0 bridgehead atoms. The molecule has 1 unspecified atom stereocenters. The average Bonchev–Trinajstić information content (AvgIpc) is 3.29. The summed E-state index contributed by atoms with van der Waals surface area (Å²) in [6.45, 7) is 6.41. The van der Waals surface area contributed by atoms with Crippen molar-refractivity contribution in [3.63, 3.8) is 0 Å². The van der Waals surface area contributed by atoms with Crippen LogP contribution in [0.4, 0.5) is 0 Å². The fraction of sp³-hybridized carbons (Fsp3) is 0.707. The van der Waals surface area contributed by atoms with Crippen LogP contribution in [-0.4, -0.2) is 37.2 Å². The number of hydrogen-bond donors (Lipinski definition) is 0. The number of unbranched alkanes of at least 4 members (excludes halogenated alkanes) is 22. The summed E-state index contributed by atoms with van der Waals surface area (Å²) in [6, 6.07) is 0. The summed E-state index contributed by atoms with van der Waals surface area (Å²) in [5, 5.41) is 0. The molecule has 0 aromatic rings. The number of carbonyl (C=O) groups is 3. The van der Waals surface area contributed by atoms with Crippen LogP contribution in [0, 0.1) is 0 Å². The third-order valence-corrected chi connectivity index (χ3v) is 11.1. The lowest BCUT2D eigenvalue weighted by Crippen LogP contribution is -2.30. The van der Waals surface area contributed by atoms with Crippen molar-refractivity contribution in [1.82, 2.24) is 0 Å². The van der Waals surface area contributed by atoms with Crippen LogP contribution in [0.5, 0.6) is 0 Å². The van der Waals surface area contributed by atoms with Crippen molar-refractivity contribution in [2.75, 3.05) is 13.2 Å². The monoisotopic (exact) mass is 891 g/mol. The molecule has 0 aliphatic heterocycles. The molecule has 0 radical (unpaired) electrons. The zero-order chi connectivity index (χ0) is 46.5. The summed E-state index contributed by atoms with van der Waals surface area (Å²) < 4.78 is 16.7. The van der Waals surface area contributed by atoms with E-state index in [2.05, 4.69) is 93.7 Å². The first-order chi connectivity index (χ1) is 31.5. The molecular weight excluding hydrogens is 793 g/mol. The van der Waals surface area contributed by atoms with E-state index in [0.29, 0.717) is 19.3 Å². The zero-order valence-corrected chi connectivity index (χ0v) is 41.8. The maximum Gasteiger partial charge on any atom is 0.306 e. The molecule has 0 spiro atoms. The van der Waals surface area contributed by atoms with Gasteiger partial charge in [-0.25, -0.2) is 0 Å². The average molecular weight is 891 g/mol. The summed E-state index contributed by atoms with van der Waals surface area (Å²) in [5.41, 5.74) is 0. The maximum absolute atomic E-state index is 12.8. The molecule has 366 valence electrons. The van der Waals surface area contributed by atoms with Gasteiger partial charge in [0, 0.05) is 19.3 Å². The van der Waals surface area contributed by atoms with Crippen LogP contribution in [0.1, 0.15) is 245 Å². The van der Waals surface area contributed by atoms with Gasteiger partial charge in [0.2, 0.25) is 0 Å². The molecule has 0 aliphatic rings. The third-order valence-electron chi connectivity index (χ3n) is 11.1. The van der Waals surface area contributed by atoms with Gasteiger partial charge >= 0.3 is 17.9 Å². The summed E-state index contributed by atoms with van der Waals surface area (Å²) in [4.78, 5) is 38.0. The molecule has 64 heavy (non-hydrogen) atoms. The molecule has 0 fully saturated rings. The first-order valence-electron chi connectivity index (χ1n) is 26.6.